The average Bonchev–Trinajstić information content (AvgIpc) is 2.03. The summed E-state index contributed by atoms with van der Waals surface area (Å²) in [7, 11) is 0. The fraction of sp³-hybridized carbons (Fsp3) is 0.889. The maximum atomic E-state index is 11.5. The van der Waals surface area contributed by atoms with Crippen molar-refractivity contribution >= 4 is 6.09 Å². The van der Waals surface area contributed by atoms with E-state index < -0.39 is 0 Å². The Morgan fingerprint density at radius 1 is 1.62 bits per heavy atom. The molecule has 1 rings (SSSR count). The highest BCUT2D eigenvalue weighted by Gasteiger charge is 2.24. The summed E-state index contributed by atoms with van der Waals surface area (Å²) in [5.74, 6) is 0. The smallest absolute Gasteiger partial charge is 0.410 e. The van der Waals surface area contributed by atoms with Gasteiger partial charge in [-0.1, -0.05) is 0 Å². The van der Waals surface area contributed by atoms with E-state index in [2.05, 4.69) is 5.32 Å². The number of carbonyl (C=O) groups is 1. The molecule has 0 radical (unpaired) electrons. The number of hydrogen-bond donors (Lipinski definition) is 1. The average molecular weight is 186 g/mol. The topological polar surface area (TPSA) is 41.6 Å². The zero-order valence-corrected chi connectivity index (χ0v) is 8.54. The second-order valence-corrected chi connectivity index (χ2v) is 3.68. The molecule has 0 spiro atoms. The highest BCUT2D eigenvalue weighted by atomic mass is 16.6. The van der Waals surface area contributed by atoms with Crippen LogP contribution in [0, 0.1) is 0 Å². The first-order valence-corrected chi connectivity index (χ1v) is 4.79. The molecule has 13 heavy (non-hydrogen) atoms. The summed E-state index contributed by atoms with van der Waals surface area (Å²) < 4.78 is 5.12. The molecule has 0 aliphatic carbocycles. The number of rotatable bonds is 1. The van der Waals surface area contributed by atoms with Crippen LogP contribution in [0.5, 0.6) is 0 Å². The van der Waals surface area contributed by atoms with Crippen LogP contribution in [0.1, 0.15) is 20.8 Å². The van der Waals surface area contributed by atoms with Crippen molar-refractivity contribution in [3.63, 3.8) is 0 Å². The van der Waals surface area contributed by atoms with Crippen molar-refractivity contribution in [3.8, 4) is 0 Å². The monoisotopic (exact) mass is 186 g/mol. The summed E-state index contributed by atoms with van der Waals surface area (Å²) in [5.41, 5.74) is 0. The molecule has 0 saturated carbocycles. The van der Waals surface area contributed by atoms with Gasteiger partial charge >= 0.3 is 6.09 Å². The Morgan fingerprint density at radius 3 is 2.85 bits per heavy atom. The first-order valence-electron chi connectivity index (χ1n) is 4.79. The molecule has 0 aromatic heterocycles. The van der Waals surface area contributed by atoms with E-state index in [0.29, 0.717) is 0 Å². The van der Waals surface area contributed by atoms with Gasteiger partial charge in [0.25, 0.3) is 0 Å². The maximum Gasteiger partial charge on any atom is 0.410 e. The van der Waals surface area contributed by atoms with Crippen LogP contribution < -0.4 is 5.32 Å². The Kier molecular flexibility index (Phi) is 3.54. The highest BCUT2D eigenvalue weighted by molar-refractivity contribution is 5.68. The summed E-state index contributed by atoms with van der Waals surface area (Å²) >= 11 is 0. The second-order valence-electron chi connectivity index (χ2n) is 3.68. The van der Waals surface area contributed by atoms with E-state index in [9.17, 15) is 4.79 Å². The molecule has 1 N–H and O–H groups in total. The number of nitrogens with one attached hydrogen (secondary N) is 1. The van der Waals surface area contributed by atoms with Crippen molar-refractivity contribution in [1.29, 1.82) is 0 Å². The lowest BCUT2D eigenvalue weighted by Crippen LogP contribution is -2.52. The number of nitrogens with zero attached hydrogens (tertiary/aromatic N) is 1. The molecule has 0 bridgehead atoms. The molecule has 1 saturated heterocycles. The molecule has 1 aliphatic rings. The van der Waals surface area contributed by atoms with Crippen LogP contribution in [0.4, 0.5) is 4.79 Å². The standard InChI is InChI=1S/C9H18N2O2/c1-7(2)13-9(12)11-5-4-10-6-8(11)3/h7-8,10H,4-6H2,1-3H3/t8-/m1/s1. The second kappa shape index (κ2) is 4.46. The van der Waals surface area contributed by atoms with Crippen molar-refractivity contribution in [2.24, 2.45) is 0 Å². The fourth-order valence-electron chi connectivity index (χ4n) is 1.38. The van der Waals surface area contributed by atoms with Gasteiger partial charge < -0.3 is 15.0 Å². The predicted octanol–water partition coefficient (Wildman–Crippen LogP) is 0.825. The summed E-state index contributed by atoms with van der Waals surface area (Å²) in [4.78, 5) is 13.3. The van der Waals surface area contributed by atoms with Gasteiger partial charge in [-0.15, -0.1) is 0 Å². The van der Waals surface area contributed by atoms with Crippen molar-refractivity contribution in [3.05, 3.63) is 0 Å². The van der Waals surface area contributed by atoms with E-state index in [1.54, 1.807) is 4.90 Å². The molecule has 1 heterocycles. The third kappa shape index (κ3) is 2.88. The molecule has 0 unspecified atom stereocenters. The molecule has 76 valence electrons. The van der Waals surface area contributed by atoms with Gasteiger partial charge in [-0.25, -0.2) is 4.79 Å². The molecule has 0 aromatic carbocycles. The van der Waals surface area contributed by atoms with E-state index in [4.69, 9.17) is 4.74 Å². The van der Waals surface area contributed by atoms with E-state index >= 15 is 0 Å². The van der Waals surface area contributed by atoms with Gasteiger partial charge in [0, 0.05) is 25.7 Å². The maximum absolute atomic E-state index is 11.5. The van der Waals surface area contributed by atoms with Gasteiger partial charge in [-0.2, -0.15) is 0 Å². The molecule has 1 atom stereocenters. The first kappa shape index (κ1) is 10.3. The highest BCUT2D eigenvalue weighted by Crippen LogP contribution is 2.06. The van der Waals surface area contributed by atoms with Crippen molar-refractivity contribution < 1.29 is 9.53 Å². The van der Waals surface area contributed by atoms with Crippen LogP contribution in [0.15, 0.2) is 0 Å². The number of piperazine rings is 1. The number of amides is 1. The molecule has 4 heteroatoms. The largest absolute Gasteiger partial charge is 0.447 e. The van der Waals surface area contributed by atoms with Crippen molar-refractivity contribution in [2.75, 3.05) is 19.6 Å². The molecular formula is C9H18N2O2. The minimum atomic E-state index is -0.191. The Morgan fingerprint density at radius 2 is 2.31 bits per heavy atom. The molecule has 0 aromatic rings. The summed E-state index contributed by atoms with van der Waals surface area (Å²) in [6, 6.07) is 0.236. The van der Waals surface area contributed by atoms with Crippen LogP contribution >= 0.6 is 0 Å². The van der Waals surface area contributed by atoms with Gasteiger partial charge in [0.1, 0.15) is 0 Å². The fourth-order valence-corrected chi connectivity index (χ4v) is 1.38. The van der Waals surface area contributed by atoms with E-state index in [0.717, 1.165) is 19.6 Å². The van der Waals surface area contributed by atoms with Gasteiger partial charge in [0.05, 0.1) is 6.10 Å². The van der Waals surface area contributed by atoms with E-state index in [1.807, 2.05) is 20.8 Å². The van der Waals surface area contributed by atoms with E-state index in [1.165, 1.54) is 0 Å². The Balaban J connectivity index is 2.44. The minimum absolute atomic E-state index is 0.0328. The summed E-state index contributed by atoms with van der Waals surface area (Å²) in [6.07, 6.45) is -0.224. The van der Waals surface area contributed by atoms with Crippen LogP contribution in [-0.4, -0.2) is 42.8 Å². The van der Waals surface area contributed by atoms with Crippen LogP contribution in [0.3, 0.4) is 0 Å². The van der Waals surface area contributed by atoms with Crippen molar-refractivity contribution in [2.45, 2.75) is 32.9 Å². The normalized spacial score (nSPS) is 23.4. The molecular weight excluding hydrogens is 168 g/mol. The third-order valence-corrected chi connectivity index (χ3v) is 2.07. The Labute approximate surface area is 79.2 Å². The lowest BCUT2D eigenvalue weighted by atomic mass is 10.2. The van der Waals surface area contributed by atoms with Crippen LogP contribution in [0.2, 0.25) is 0 Å². The number of hydrogen-bond acceptors (Lipinski definition) is 3. The van der Waals surface area contributed by atoms with Crippen LogP contribution in [0.25, 0.3) is 0 Å². The molecule has 1 fully saturated rings. The quantitative estimate of drug-likeness (QED) is 0.659. The SMILES string of the molecule is CC(C)OC(=O)N1CCNC[C@H]1C. The third-order valence-electron chi connectivity index (χ3n) is 2.07. The first-order chi connectivity index (χ1) is 6.11. The zero-order valence-electron chi connectivity index (χ0n) is 8.54. The lowest BCUT2D eigenvalue weighted by molar-refractivity contribution is 0.0596. The van der Waals surface area contributed by atoms with Gasteiger partial charge in [-0.05, 0) is 20.8 Å². The van der Waals surface area contributed by atoms with Crippen LogP contribution in [-0.2, 0) is 4.74 Å². The van der Waals surface area contributed by atoms with E-state index in [-0.39, 0.29) is 18.2 Å². The Bertz CT molecular complexity index is 182. The number of carbonyl (C=O) groups excluding carboxylic acids is 1. The van der Waals surface area contributed by atoms with Gasteiger partial charge in [0.2, 0.25) is 0 Å². The molecule has 1 amide bonds. The zero-order chi connectivity index (χ0) is 9.84. The minimum Gasteiger partial charge on any atom is -0.447 e. The lowest BCUT2D eigenvalue weighted by Gasteiger charge is -2.33. The van der Waals surface area contributed by atoms with Gasteiger partial charge in [-0.3, -0.25) is 0 Å². The Hall–Kier alpha value is -0.770. The van der Waals surface area contributed by atoms with Crippen molar-refractivity contribution in [1.82, 2.24) is 10.2 Å². The summed E-state index contributed by atoms with van der Waals surface area (Å²) in [5, 5.41) is 3.22. The molecule has 4 nitrogen and oxygen atoms in total. The predicted molar refractivity (Wildman–Crippen MR) is 50.7 cm³/mol. The van der Waals surface area contributed by atoms with Gasteiger partial charge in [0.15, 0.2) is 0 Å². The number of ether oxygens (including phenoxy) is 1. The molecule has 1 aliphatic heterocycles. The summed E-state index contributed by atoms with van der Waals surface area (Å²) in [6.45, 7) is 8.21.